The number of hydrogen-bond acceptors (Lipinski definition) is 4. The van der Waals surface area contributed by atoms with E-state index >= 15 is 0 Å². The molecule has 1 fully saturated rings. The number of benzene rings is 1. The molecular weight excluding hydrogens is 351 g/mol. The molecule has 27 heavy (non-hydrogen) atoms. The molecule has 2 rings (SSSR count). The number of amides is 1. The number of likely N-dealkylation sites (tertiary alicyclic amines) is 1. The minimum absolute atomic E-state index is 0.0535. The second-order valence-corrected chi connectivity index (χ2v) is 6.36. The van der Waals surface area contributed by atoms with Crippen molar-refractivity contribution in [2.24, 2.45) is 4.99 Å². The molecule has 3 N–H and O–H groups in total. The number of ether oxygens (including phenoxy) is 1. The minimum atomic E-state index is -1.01. The highest BCUT2D eigenvalue weighted by atomic mass is 19.1. The second kappa shape index (κ2) is 10.7. The van der Waals surface area contributed by atoms with E-state index in [0.717, 1.165) is 12.8 Å². The molecule has 0 saturated carbocycles. The summed E-state index contributed by atoms with van der Waals surface area (Å²) in [4.78, 5) is 17.8. The highest BCUT2D eigenvalue weighted by Crippen LogP contribution is 2.17. The van der Waals surface area contributed by atoms with E-state index in [1.54, 1.807) is 30.0 Å². The standard InChI is InChI=1S/C19H29FN4O3/c1-3-21-18(22-13-17(25)15-7-5-6-8-16(15)20)23-14-9-11-24(12-10-14)19(26)27-4-2/h5-8,14,17,25H,3-4,9-13H2,1-2H3,(H2,21,22,23). The van der Waals surface area contributed by atoms with E-state index in [4.69, 9.17) is 4.74 Å². The van der Waals surface area contributed by atoms with E-state index in [9.17, 15) is 14.3 Å². The Balaban J connectivity index is 1.89. The predicted octanol–water partition coefficient (Wildman–Crippen LogP) is 2.04. The summed E-state index contributed by atoms with van der Waals surface area (Å²) in [5, 5.41) is 16.7. The molecule has 150 valence electrons. The largest absolute Gasteiger partial charge is 0.450 e. The van der Waals surface area contributed by atoms with Gasteiger partial charge in [0, 0.05) is 31.2 Å². The number of aliphatic imine (C=N–C) groups is 1. The van der Waals surface area contributed by atoms with Gasteiger partial charge in [0.15, 0.2) is 5.96 Å². The molecular formula is C19H29FN4O3. The van der Waals surface area contributed by atoms with Crippen molar-refractivity contribution in [3.8, 4) is 0 Å². The number of guanidine groups is 1. The average Bonchev–Trinajstić information content (AvgIpc) is 2.67. The molecule has 0 aromatic heterocycles. The van der Waals surface area contributed by atoms with Crippen LogP contribution in [0.25, 0.3) is 0 Å². The number of aliphatic hydroxyl groups is 1. The first-order valence-corrected chi connectivity index (χ1v) is 9.44. The highest BCUT2D eigenvalue weighted by molar-refractivity contribution is 5.80. The van der Waals surface area contributed by atoms with Crippen LogP contribution in [0.5, 0.6) is 0 Å². The Labute approximate surface area is 159 Å². The van der Waals surface area contributed by atoms with Crippen LogP contribution in [0.1, 0.15) is 38.4 Å². The summed E-state index contributed by atoms with van der Waals surface area (Å²) in [6.07, 6.45) is 0.273. The van der Waals surface area contributed by atoms with Gasteiger partial charge in [0.2, 0.25) is 0 Å². The summed E-state index contributed by atoms with van der Waals surface area (Å²) in [5.74, 6) is 0.131. The number of halogens is 1. The number of nitrogens with zero attached hydrogens (tertiary/aromatic N) is 2. The quantitative estimate of drug-likeness (QED) is 0.519. The van der Waals surface area contributed by atoms with Gasteiger partial charge in [0.05, 0.1) is 13.2 Å². The van der Waals surface area contributed by atoms with Gasteiger partial charge in [-0.25, -0.2) is 9.18 Å². The fourth-order valence-electron chi connectivity index (χ4n) is 2.96. The van der Waals surface area contributed by atoms with Crippen LogP contribution in [-0.2, 0) is 4.74 Å². The van der Waals surface area contributed by atoms with E-state index in [2.05, 4.69) is 15.6 Å². The summed E-state index contributed by atoms with van der Waals surface area (Å²) >= 11 is 0. The van der Waals surface area contributed by atoms with Gasteiger partial charge in [0.1, 0.15) is 11.9 Å². The molecule has 0 radical (unpaired) electrons. The molecule has 0 bridgehead atoms. The van der Waals surface area contributed by atoms with E-state index < -0.39 is 11.9 Å². The van der Waals surface area contributed by atoms with Crippen molar-refractivity contribution < 1.29 is 19.0 Å². The van der Waals surface area contributed by atoms with Crippen LogP contribution in [0.3, 0.4) is 0 Å². The van der Waals surface area contributed by atoms with Crippen molar-refractivity contribution >= 4 is 12.1 Å². The Kier molecular flexibility index (Phi) is 8.32. The lowest BCUT2D eigenvalue weighted by Crippen LogP contribution is -2.50. The first-order chi connectivity index (χ1) is 13.0. The van der Waals surface area contributed by atoms with Crippen LogP contribution in [0.15, 0.2) is 29.3 Å². The van der Waals surface area contributed by atoms with Crippen LogP contribution in [0.2, 0.25) is 0 Å². The fourth-order valence-corrected chi connectivity index (χ4v) is 2.96. The summed E-state index contributed by atoms with van der Waals surface area (Å²) in [5.41, 5.74) is 0.236. The number of nitrogens with one attached hydrogen (secondary N) is 2. The molecule has 1 amide bonds. The molecule has 0 spiro atoms. The molecule has 8 heteroatoms. The number of hydrogen-bond donors (Lipinski definition) is 3. The topological polar surface area (TPSA) is 86.2 Å². The Morgan fingerprint density at radius 2 is 2.07 bits per heavy atom. The Morgan fingerprint density at radius 1 is 1.37 bits per heavy atom. The molecule has 1 aliphatic rings. The molecule has 1 aromatic rings. The van der Waals surface area contributed by atoms with Gasteiger partial charge < -0.3 is 25.4 Å². The molecule has 1 saturated heterocycles. The van der Waals surface area contributed by atoms with E-state index in [1.165, 1.54) is 6.07 Å². The van der Waals surface area contributed by atoms with E-state index in [-0.39, 0.29) is 24.2 Å². The Bertz CT molecular complexity index is 633. The lowest BCUT2D eigenvalue weighted by Gasteiger charge is -2.32. The third kappa shape index (κ3) is 6.39. The van der Waals surface area contributed by atoms with Gasteiger partial charge in [-0.1, -0.05) is 18.2 Å². The molecule has 7 nitrogen and oxygen atoms in total. The van der Waals surface area contributed by atoms with Crippen molar-refractivity contribution in [1.82, 2.24) is 15.5 Å². The lowest BCUT2D eigenvalue weighted by molar-refractivity contribution is 0.0963. The van der Waals surface area contributed by atoms with Crippen LogP contribution in [0.4, 0.5) is 9.18 Å². The van der Waals surface area contributed by atoms with Crippen molar-refractivity contribution in [1.29, 1.82) is 0 Å². The first kappa shape index (κ1) is 21.0. The van der Waals surface area contributed by atoms with Gasteiger partial charge in [-0.3, -0.25) is 4.99 Å². The van der Waals surface area contributed by atoms with Gasteiger partial charge in [-0.2, -0.15) is 0 Å². The normalized spacial score (nSPS) is 16.7. The zero-order valence-corrected chi connectivity index (χ0v) is 15.9. The molecule has 0 aliphatic carbocycles. The Hall–Kier alpha value is -2.35. The van der Waals surface area contributed by atoms with Crippen molar-refractivity contribution in [3.05, 3.63) is 35.6 Å². The summed E-state index contributed by atoms with van der Waals surface area (Å²) < 4.78 is 18.8. The monoisotopic (exact) mass is 380 g/mol. The third-order valence-electron chi connectivity index (χ3n) is 4.39. The number of piperidine rings is 1. The Morgan fingerprint density at radius 3 is 2.70 bits per heavy atom. The summed E-state index contributed by atoms with van der Waals surface area (Å²) in [7, 11) is 0. The van der Waals surface area contributed by atoms with E-state index in [1.807, 2.05) is 6.92 Å². The zero-order valence-electron chi connectivity index (χ0n) is 15.9. The maximum atomic E-state index is 13.8. The fraction of sp³-hybridized carbons (Fsp3) is 0.579. The smallest absolute Gasteiger partial charge is 0.409 e. The zero-order chi connectivity index (χ0) is 19.6. The molecule has 1 unspecified atom stereocenters. The van der Waals surface area contributed by atoms with Gasteiger partial charge in [-0.15, -0.1) is 0 Å². The molecule has 1 atom stereocenters. The van der Waals surface area contributed by atoms with E-state index in [0.29, 0.717) is 32.2 Å². The van der Waals surface area contributed by atoms with Crippen molar-refractivity contribution in [3.63, 3.8) is 0 Å². The number of carbonyl (C=O) groups excluding carboxylic acids is 1. The minimum Gasteiger partial charge on any atom is -0.450 e. The SMILES string of the molecule is CCNC(=NCC(O)c1ccccc1F)NC1CCN(C(=O)OCC)CC1. The summed E-state index contributed by atoms with van der Waals surface area (Å²) in [6.45, 7) is 6.08. The van der Waals surface area contributed by atoms with Crippen molar-refractivity contribution in [2.45, 2.75) is 38.8 Å². The molecule has 1 aliphatic heterocycles. The predicted molar refractivity (Wildman–Crippen MR) is 102 cm³/mol. The molecule has 1 aromatic carbocycles. The number of aliphatic hydroxyl groups excluding tert-OH is 1. The van der Waals surface area contributed by atoms with Crippen molar-refractivity contribution in [2.75, 3.05) is 32.8 Å². The highest BCUT2D eigenvalue weighted by Gasteiger charge is 2.24. The van der Waals surface area contributed by atoms with Crippen LogP contribution in [-0.4, -0.2) is 60.9 Å². The van der Waals surface area contributed by atoms with Crippen LogP contribution >= 0.6 is 0 Å². The lowest BCUT2D eigenvalue weighted by atomic mass is 10.1. The maximum absolute atomic E-state index is 13.8. The summed E-state index contributed by atoms with van der Waals surface area (Å²) in [6, 6.07) is 6.32. The second-order valence-electron chi connectivity index (χ2n) is 6.36. The van der Waals surface area contributed by atoms with Gasteiger partial charge >= 0.3 is 6.09 Å². The first-order valence-electron chi connectivity index (χ1n) is 9.44. The van der Waals surface area contributed by atoms with Crippen LogP contribution < -0.4 is 10.6 Å². The number of rotatable bonds is 6. The third-order valence-corrected chi connectivity index (χ3v) is 4.39. The number of carbonyl (C=O) groups is 1. The van der Waals surface area contributed by atoms with Gasteiger partial charge in [-0.05, 0) is 32.8 Å². The van der Waals surface area contributed by atoms with Gasteiger partial charge in [0.25, 0.3) is 0 Å². The molecule has 1 heterocycles. The maximum Gasteiger partial charge on any atom is 0.409 e. The van der Waals surface area contributed by atoms with Crippen LogP contribution in [0, 0.1) is 5.82 Å². The average molecular weight is 380 g/mol.